The minimum atomic E-state index is -3.63. The van der Waals surface area contributed by atoms with Gasteiger partial charge in [-0.05, 0) is 13.8 Å². The van der Waals surface area contributed by atoms with Gasteiger partial charge in [0.1, 0.15) is 0 Å². The molecule has 0 radical (unpaired) electrons. The zero-order valence-corrected chi connectivity index (χ0v) is 11.3. The molecule has 0 spiro atoms. The quantitative estimate of drug-likeness (QED) is 0.432. The number of carbonyl (C=O) groups is 1. The molecule has 0 aliphatic carbocycles. The van der Waals surface area contributed by atoms with Crippen molar-refractivity contribution in [3.05, 3.63) is 0 Å². The normalized spacial score (nSPS) is 10.4. The van der Waals surface area contributed by atoms with Crippen LogP contribution in [0.3, 0.4) is 0 Å². The van der Waals surface area contributed by atoms with Crippen LogP contribution < -0.4 is 29.6 Å². The van der Waals surface area contributed by atoms with Crippen molar-refractivity contribution in [3.8, 4) is 0 Å². The first kappa shape index (κ1) is 16.1. The van der Waals surface area contributed by atoms with Gasteiger partial charge in [0, 0.05) is 6.92 Å². The molecule has 7 heteroatoms. The van der Waals surface area contributed by atoms with Crippen LogP contribution in [0.2, 0.25) is 0 Å². The Morgan fingerprint density at radius 3 is 1.92 bits per heavy atom. The molecule has 0 aliphatic heterocycles. The Hall–Kier alpha value is 0.620. The third-order valence-electron chi connectivity index (χ3n) is 0.815. The largest absolute Gasteiger partial charge is 1.00 e. The summed E-state index contributed by atoms with van der Waals surface area (Å²) in [5.74, 6) is -0.680. The van der Waals surface area contributed by atoms with Gasteiger partial charge in [0.05, 0.1) is 13.2 Å². The van der Waals surface area contributed by atoms with E-state index in [0.717, 1.165) is 6.92 Å². The number of phosphoric ester groups is 1. The van der Waals surface area contributed by atoms with E-state index in [0.29, 0.717) is 0 Å². The zero-order chi connectivity index (χ0) is 9.61. The molecular formula is C6H14NaO5P. The second kappa shape index (κ2) is 7.97. The van der Waals surface area contributed by atoms with E-state index in [4.69, 9.17) is 0 Å². The molecule has 13 heavy (non-hydrogen) atoms. The van der Waals surface area contributed by atoms with Gasteiger partial charge in [0.2, 0.25) is 0 Å². The Balaban J connectivity index is -0.000000605. The van der Waals surface area contributed by atoms with Crippen LogP contribution in [-0.2, 0) is 22.9 Å². The van der Waals surface area contributed by atoms with Crippen LogP contribution in [-0.4, -0.2) is 19.2 Å². The van der Waals surface area contributed by atoms with Crippen LogP contribution in [0.25, 0.3) is 0 Å². The SMILES string of the molecule is CCOP(=O)(OCC)OC(C)=O.[H-].[Na+]. The Morgan fingerprint density at radius 1 is 1.31 bits per heavy atom. The van der Waals surface area contributed by atoms with Gasteiger partial charge < -0.3 is 5.95 Å². The van der Waals surface area contributed by atoms with E-state index in [1.165, 1.54) is 0 Å². The molecule has 0 unspecified atom stereocenters. The molecule has 0 aromatic heterocycles. The smallest absolute Gasteiger partial charge is 1.00 e. The first-order chi connectivity index (χ1) is 5.54. The van der Waals surface area contributed by atoms with Crippen LogP contribution >= 0.6 is 7.82 Å². The summed E-state index contributed by atoms with van der Waals surface area (Å²) in [5, 5.41) is 0. The number of phosphoric acid groups is 1. The third-order valence-corrected chi connectivity index (χ3v) is 2.44. The van der Waals surface area contributed by atoms with E-state index in [-0.39, 0.29) is 44.2 Å². The first-order valence-electron chi connectivity index (χ1n) is 3.63. The molecule has 0 saturated carbocycles. The second-order valence-electron chi connectivity index (χ2n) is 1.87. The maximum atomic E-state index is 11.3. The number of hydrogen-bond donors (Lipinski definition) is 0. The fourth-order valence-corrected chi connectivity index (χ4v) is 1.69. The van der Waals surface area contributed by atoms with E-state index in [1.54, 1.807) is 13.8 Å². The zero-order valence-electron chi connectivity index (χ0n) is 9.40. The van der Waals surface area contributed by atoms with Gasteiger partial charge in [0.15, 0.2) is 0 Å². The summed E-state index contributed by atoms with van der Waals surface area (Å²) in [6.45, 7) is 4.75. The van der Waals surface area contributed by atoms with Gasteiger partial charge in [-0.3, -0.25) is 13.8 Å². The van der Waals surface area contributed by atoms with Crippen molar-refractivity contribution in [2.24, 2.45) is 0 Å². The molecule has 0 fully saturated rings. The molecule has 5 nitrogen and oxygen atoms in total. The van der Waals surface area contributed by atoms with Crippen molar-refractivity contribution in [2.75, 3.05) is 13.2 Å². The summed E-state index contributed by atoms with van der Waals surface area (Å²) in [4.78, 5) is 10.5. The Morgan fingerprint density at radius 2 is 1.69 bits per heavy atom. The molecule has 0 N–H and O–H groups in total. The number of hydrogen-bond acceptors (Lipinski definition) is 5. The van der Waals surface area contributed by atoms with Crippen molar-refractivity contribution >= 4 is 13.8 Å². The van der Waals surface area contributed by atoms with E-state index in [9.17, 15) is 9.36 Å². The van der Waals surface area contributed by atoms with E-state index >= 15 is 0 Å². The predicted octanol–water partition coefficient (Wildman–Crippen LogP) is -1.15. The van der Waals surface area contributed by atoms with Crippen molar-refractivity contribution in [3.63, 3.8) is 0 Å². The van der Waals surface area contributed by atoms with Crippen LogP contribution in [0, 0.1) is 0 Å². The summed E-state index contributed by atoms with van der Waals surface area (Å²) in [7, 11) is -3.63. The molecule has 0 saturated heterocycles. The number of rotatable bonds is 5. The van der Waals surface area contributed by atoms with E-state index in [1.807, 2.05) is 0 Å². The van der Waals surface area contributed by atoms with Crippen LogP contribution in [0.1, 0.15) is 22.2 Å². The van der Waals surface area contributed by atoms with Gasteiger partial charge in [0.25, 0.3) is 0 Å². The minimum absolute atomic E-state index is 0. The Kier molecular flexibility index (Phi) is 9.85. The Labute approximate surface area is 102 Å². The number of carbonyl (C=O) groups excluding carboxylic acids is 1. The van der Waals surface area contributed by atoms with Gasteiger partial charge in [-0.15, -0.1) is 0 Å². The summed E-state index contributed by atoms with van der Waals surface area (Å²) in [6, 6.07) is 0. The average Bonchev–Trinajstić information content (AvgIpc) is 1.85. The van der Waals surface area contributed by atoms with Crippen molar-refractivity contribution < 1.29 is 53.9 Å². The van der Waals surface area contributed by atoms with Crippen LogP contribution in [0.15, 0.2) is 0 Å². The topological polar surface area (TPSA) is 61.8 Å². The molecule has 0 bridgehead atoms. The van der Waals surface area contributed by atoms with Gasteiger partial charge in [-0.2, -0.15) is 0 Å². The molecule has 0 aromatic rings. The minimum Gasteiger partial charge on any atom is -1.00 e. The maximum Gasteiger partial charge on any atom is 1.00 e. The monoisotopic (exact) mass is 220 g/mol. The van der Waals surface area contributed by atoms with Crippen molar-refractivity contribution in [1.29, 1.82) is 0 Å². The summed E-state index contributed by atoms with van der Waals surface area (Å²) >= 11 is 0. The van der Waals surface area contributed by atoms with Gasteiger partial charge in [-0.25, -0.2) is 4.57 Å². The Bertz CT molecular complexity index is 191. The molecule has 0 heterocycles. The molecule has 0 rings (SSSR count). The molecule has 0 aromatic carbocycles. The molecule has 0 amide bonds. The third kappa shape index (κ3) is 7.67. The van der Waals surface area contributed by atoms with Crippen molar-refractivity contribution in [2.45, 2.75) is 20.8 Å². The average molecular weight is 220 g/mol. The van der Waals surface area contributed by atoms with Gasteiger partial charge in [-0.1, -0.05) is 0 Å². The van der Waals surface area contributed by atoms with E-state index < -0.39 is 13.8 Å². The summed E-state index contributed by atoms with van der Waals surface area (Å²) in [5.41, 5.74) is 0. The molecule has 0 aliphatic rings. The molecule has 74 valence electrons. The predicted molar refractivity (Wildman–Crippen MR) is 43.7 cm³/mol. The second-order valence-corrected chi connectivity index (χ2v) is 3.46. The van der Waals surface area contributed by atoms with Crippen molar-refractivity contribution in [1.82, 2.24) is 0 Å². The van der Waals surface area contributed by atoms with Crippen LogP contribution in [0.4, 0.5) is 0 Å². The van der Waals surface area contributed by atoms with Crippen LogP contribution in [0.5, 0.6) is 0 Å². The maximum absolute atomic E-state index is 11.3. The first-order valence-corrected chi connectivity index (χ1v) is 5.09. The fourth-order valence-electron chi connectivity index (χ4n) is 0.564. The summed E-state index contributed by atoms with van der Waals surface area (Å²) < 4.78 is 25.1. The standard InChI is InChI=1S/C6H13O5P.Na.H/c1-4-9-12(8,10-5-2)11-6(3)7;;/h4-5H2,1-3H3;;/q;+1;-1. The summed E-state index contributed by atoms with van der Waals surface area (Å²) in [6.07, 6.45) is 0. The van der Waals surface area contributed by atoms with E-state index in [2.05, 4.69) is 13.6 Å². The molecule has 0 atom stereocenters. The fraction of sp³-hybridized carbons (Fsp3) is 0.833. The van der Waals surface area contributed by atoms with Gasteiger partial charge >= 0.3 is 43.3 Å². The molecular weight excluding hydrogens is 206 g/mol.